The van der Waals surface area contributed by atoms with Crippen LogP contribution in [0.5, 0.6) is 0 Å². The number of rotatable bonds is 7. The summed E-state index contributed by atoms with van der Waals surface area (Å²) in [6, 6.07) is 4.13. The summed E-state index contributed by atoms with van der Waals surface area (Å²) in [7, 11) is 0. The van der Waals surface area contributed by atoms with E-state index in [9.17, 15) is 14.5 Å². The molecule has 18 heavy (non-hydrogen) atoms. The van der Waals surface area contributed by atoms with Crippen LogP contribution in [0.1, 0.15) is 32.3 Å². The van der Waals surface area contributed by atoms with E-state index in [0.29, 0.717) is 12.5 Å². The van der Waals surface area contributed by atoms with E-state index in [-0.39, 0.29) is 12.2 Å². The van der Waals surface area contributed by atoms with Gasteiger partial charge in [0.1, 0.15) is 0 Å². The van der Waals surface area contributed by atoms with Crippen LogP contribution in [-0.4, -0.2) is 11.5 Å². The molecule has 0 amide bonds. The van der Waals surface area contributed by atoms with Crippen molar-refractivity contribution in [3.05, 3.63) is 39.7 Å². The molecular formula is C13H18FNO3. The van der Waals surface area contributed by atoms with Crippen molar-refractivity contribution in [1.29, 1.82) is 0 Å². The van der Waals surface area contributed by atoms with Gasteiger partial charge in [-0.15, -0.1) is 0 Å². The van der Waals surface area contributed by atoms with Crippen LogP contribution >= 0.6 is 0 Å². The number of nitro groups is 1. The molecule has 0 saturated carbocycles. The molecule has 4 nitrogen and oxygen atoms in total. The number of hydrogen-bond acceptors (Lipinski definition) is 3. The van der Waals surface area contributed by atoms with Gasteiger partial charge in [-0.1, -0.05) is 32.4 Å². The summed E-state index contributed by atoms with van der Waals surface area (Å²) in [5.41, 5.74) is -0.273. The number of ether oxygens (including phenoxy) is 1. The average molecular weight is 255 g/mol. The van der Waals surface area contributed by atoms with Gasteiger partial charge in [-0.05, 0) is 12.3 Å². The number of hydrogen-bond donors (Lipinski definition) is 0. The topological polar surface area (TPSA) is 52.4 Å². The maximum Gasteiger partial charge on any atom is 0.305 e. The van der Waals surface area contributed by atoms with Gasteiger partial charge in [-0.25, -0.2) is 0 Å². The van der Waals surface area contributed by atoms with Crippen molar-refractivity contribution in [2.75, 3.05) is 6.61 Å². The lowest BCUT2D eigenvalue weighted by atomic mass is 10.1. The van der Waals surface area contributed by atoms with Gasteiger partial charge in [0.25, 0.3) is 0 Å². The molecule has 100 valence electrons. The second kappa shape index (κ2) is 7.06. The monoisotopic (exact) mass is 255 g/mol. The van der Waals surface area contributed by atoms with Crippen molar-refractivity contribution in [3.8, 4) is 0 Å². The van der Waals surface area contributed by atoms with Crippen LogP contribution in [0.15, 0.2) is 18.2 Å². The lowest BCUT2D eigenvalue weighted by molar-refractivity contribution is -0.387. The van der Waals surface area contributed by atoms with E-state index in [2.05, 4.69) is 13.8 Å². The predicted octanol–water partition coefficient (Wildman–Crippen LogP) is 3.69. The number of benzene rings is 1. The molecule has 0 aliphatic heterocycles. The molecule has 0 bridgehead atoms. The van der Waals surface area contributed by atoms with Crippen molar-refractivity contribution < 1.29 is 14.1 Å². The molecule has 0 aliphatic rings. The van der Waals surface area contributed by atoms with Crippen molar-refractivity contribution in [3.63, 3.8) is 0 Å². The van der Waals surface area contributed by atoms with Crippen molar-refractivity contribution in [2.24, 2.45) is 5.92 Å². The standard InChI is InChI=1S/C13H18FNO3/c1-3-5-10(2)8-18-9-11-6-4-7-12(13(11)14)15(16)17/h4,6-7,10H,3,5,8-9H2,1-2H3. The molecule has 0 aromatic heterocycles. The summed E-state index contributed by atoms with van der Waals surface area (Å²) in [6.45, 7) is 4.77. The first kappa shape index (κ1) is 14.6. The van der Waals surface area contributed by atoms with Crippen LogP contribution in [0.3, 0.4) is 0 Å². The zero-order valence-corrected chi connectivity index (χ0v) is 10.7. The van der Waals surface area contributed by atoms with E-state index in [1.54, 1.807) is 0 Å². The van der Waals surface area contributed by atoms with Crippen LogP contribution in [0, 0.1) is 21.8 Å². The van der Waals surface area contributed by atoms with Crippen LogP contribution < -0.4 is 0 Å². The minimum atomic E-state index is -0.800. The third kappa shape index (κ3) is 4.07. The fourth-order valence-electron chi connectivity index (χ4n) is 1.76. The van der Waals surface area contributed by atoms with E-state index >= 15 is 0 Å². The number of nitrogens with zero attached hydrogens (tertiary/aromatic N) is 1. The normalized spacial score (nSPS) is 12.4. The SMILES string of the molecule is CCCC(C)COCc1cccc([N+](=O)[O-])c1F. The Morgan fingerprint density at radius 2 is 2.22 bits per heavy atom. The quantitative estimate of drug-likeness (QED) is 0.551. The molecule has 0 N–H and O–H groups in total. The first-order valence-corrected chi connectivity index (χ1v) is 6.05. The number of halogens is 1. The van der Waals surface area contributed by atoms with Crippen molar-refractivity contribution in [2.45, 2.75) is 33.3 Å². The van der Waals surface area contributed by atoms with Gasteiger partial charge in [-0.2, -0.15) is 4.39 Å². The second-order valence-electron chi connectivity index (χ2n) is 4.42. The van der Waals surface area contributed by atoms with E-state index in [4.69, 9.17) is 4.74 Å². The molecule has 0 heterocycles. The van der Waals surface area contributed by atoms with Gasteiger partial charge in [0.05, 0.1) is 11.5 Å². The Kier molecular flexibility index (Phi) is 5.71. The molecule has 1 unspecified atom stereocenters. The Morgan fingerprint density at radius 1 is 1.50 bits per heavy atom. The highest BCUT2D eigenvalue weighted by atomic mass is 19.1. The maximum atomic E-state index is 13.7. The van der Waals surface area contributed by atoms with E-state index in [0.717, 1.165) is 18.9 Å². The van der Waals surface area contributed by atoms with Gasteiger partial charge in [0.15, 0.2) is 0 Å². The average Bonchev–Trinajstić information content (AvgIpc) is 2.31. The fourth-order valence-corrected chi connectivity index (χ4v) is 1.76. The van der Waals surface area contributed by atoms with Gasteiger partial charge in [0, 0.05) is 18.2 Å². The van der Waals surface area contributed by atoms with E-state index < -0.39 is 16.4 Å². The van der Waals surface area contributed by atoms with Gasteiger partial charge in [0.2, 0.25) is 5.82 Å². The van der Waals surface area contributed by atoms with Gasteiger partial charge >= 0.3 is 5.69 Å². The highest BCUT2D eigenvalue weighted by Gasteiger charge is 2.17. The lowest BCUT2D eigenvalue weighted by Gasteiger charge is -2.11. The molecule has 1 rings (SSSR count). The lowest BCUT2D eigenvalue weighted by Crippen LogP contribution is -2.07. The van der Waals surface area contributed by atoms with E-state index in [1.165, 1.54) is 12.1 Å². The number of nitro benzene ring substituents is 1. The highest BCUT2D eigenvalue weighted by molar-refractivity contribution is 5.36. The summed E-state index contributed by atoms with van der Waals surface area (Å²) in [5, 5.41) is 10.6. The molecule has 1 atom stereocenters. The molecule has 0 radical (unpaired) electrons. The molecule has 0 fully saturated rings. The molecule has 0 saturated heterocycles. The first-order valence-electron chi connectivity index (χ1n) is 6.05. The summed E-state index contributed by atoms with van der Waals surface area (Å²) in [6.07, 6.45) is 2.13. The van der Waals surface area contributed by atoms with Crippen LogP contribution in [0.2, 0.25) is 0 Å². The van der Waals surface area contributed by atoms with Gasteiger partial charge in [-0.3, -0.25) is 10.1 Å². The Balaban J connectivity index is 2.57. The zero-order valence-electron chi connectivity index (χ0n) is 10.7. The summed E-state index contributed by atoms with van der Waals surface area (Å²) >= 11 is 0. The molecule has 0 spiro atoms. The third-order valence-electron chi connectivity index (χ3n) is 2.70. The summed E-state index contributed by atoms with van der Waals surface area (Å²) in [5.74, 6) is -0.387. The molecule has 1 aromatic rings. The Morgan fingerprint density at radius 3 is 2.83 bits per heavy atom. The largest absolute Gasteiger partial charge is 0.376 e. The first-order chi connectivity index (χ1) is 8.56. The molecule has 5 heteroatoms. The van der Waals surface area contributed by atoms with Crippen LogP contribution in [-0.2, 0) is 11.3 Å². The van der Waals surface area contributed by atoms with E-state index in [1.807, 2.05) is 0 Å². The Hall–Kier alpha value is -1.49. The minimum absolute atomic E-state index is 0.0710. The Labute approximate surface area is 106 Å². The predicted molar refractivity (Wildman–Crippen MR) is 66.8 cm³/mol. The maximum absolute atomic E-state index is 13.7. The summed E-state index contributed by atoms with van der Waals surface area (Å²) in [4.78, 5) is 9.84. The van der Waals surface area contributed by atoms with Crippen LogP contribution in [0.4, 0.5) is 10.1 Å². The zero-order chi connectivity index (χ0) is 13.5. The molecule has 0 aliphatic carbocycles. The molecule has 1 aromatic carbocycles. The van der Waals surface area contributed by atoms with Crippen molar-refractivity contribution in [1.82, 2.24) is 0 Å². The minimum Gasteiger partial charge on any atom is -0.376 e. The van der Waals surface area contributed by atoms with Gasteiger partial charge < -0.3 is 4.74 Å². The summed E-state index contributed by atoms with van der Waals surface area (Å²) < 4.78 is 19.1. The van der Waals surface area contributed by atoms with Crippen LogP contribution in [0.25, 0.3) is 0 Å². The second-order valence-corrected chi connectivity index (χ2v) is 4.42. The highest BCUT2D eigenvalue weighted by Crippen LogP contribution is 2.21. The van der Waals surface area contributed by atoms with Crippen molar-refractivity contribution >= 4 is 5.69 Å². The third-order valence-corrected chi connectivity index (χ3v) is 2.70. The Bertz CT molecular complexity index is 409. The molecular weight excluding hydrogens is 237 g/mol. The fraction of sp³-hybridized carbons (Fsp3) is 0.538. The smallest absolute Gasteiger partial charge is 0.305 e.